The number of carboxylic acid groups (broad SMARTS) is 2. The molecule has 0 saturated carbocycles. The summed E-state index contributed by atoms with van der Waals surface area (Å²) in [7, 11) is 0. The van der Waals surface area contributed by atoms with Gasteiger partial charge < -0.3 is 62.4 Å². The third-order valence-corrected chi connectivity index (χ3v) is 13.2. The van der Waals surface area contributed by atoms with Gasteiger partial charge in [0, 0.05) is 80.6 Å². The van der Waals surface area contributed by atoms with Gasteiger partial charge in [0.1, 0.15) is 48.5 Å². The number of benzene rings is 2. The van der Waals surface area contributed by atoms with Crippen LogP contribution in [0.25, 0.3) is 11.1 Å². The number of nitrogens with two attached hydrogens (primary N) is 1. The van der Waals surface area contributed by atoms with Gasteiger partial charge in [-0.2, -0.15) is 0 Å². The summed E-state index contributed by atoms with van der Waals surface area (Å²) < 4.78 is 31.8. The Kier molecular flexibility index (Phi) is 25.2. The Labute approximate surface area is 477 Å². The molecule has 1 aromatic heterocycles. The van der Waals surface area contributed by atoms with Crippen molar-refractivity contribution in [3.05, 3.63) is 95.8 Å². The maximum Gasteiger partial charge on any atom is 0.326 e. The number of amides is 10. The number of imide groups is 1. The summed E-state index contributed by atoms with van der Waals surface area (Å²) in [6.07, 6.45) is 2.23. The highest BCUT2D eigenvalue weighted by Gasteiger charge is 2.39. The van der Waals surface area contributed by atoms with Crippen LogP contribution in [0.5, 0.6) is 0 Å². The van der Waals surface area contributed by atoms with Gasteiger partial charge in [-0.15, -0.1) is 0 Å². The third-order valence-electron chi connectivity index (χ3n) is 13.2. The molecule has 1 aliphatic heterocycles. The monoisotopic (exact) mass is 1160 g/mol. The lowest BCUT2D eigenvalue weighted by molar-refractivity contribution is -0.143. The van der Waals surface area contributed by atoms with E-state index in [4.69, 9.17) is 10.8 Å². The molecule has 0 fully saturated rings. The average Bonchev–Trinajstić information content (AvgIpc) is 2.72. The highest BCUT2D eigenvalue weighted by molar-refractivity contribution is 6.12. The quantitative estimate of drug-likeness (QED) is 0.0301. The molecule has 10 amide bonds. The minimum absolute atomic E-state index is 0.00745. The third kappa shape index (κ3) is 20.9. The van der Waals surface area contributed by atoms with Crippen LogP contribution in [-0.2, 0) is 64.1 Å². The van der Waals surface area contributed by atoms with Crippen LogP contribution in [0.3, 0.4) is 0 Å². The largest absolute Gasteiger partial charge is 0.481 e. The van der Waals surface area contributed by atoms with Gasteiger partial charge in [0.25, 0.3) is 11.8 Å². The van der Waals surface area contributed by atoms with Crippen molar-refractivity contribution in [3.8, 4) is 11.1 Å². The van der Waals surface area contributed by atoms with E-state index in [9.17, 15) is 72.1 Å². The Morgan fingerprint density at radius 3 is 1.94 bits per heavy atom. The van der Waals surface area contributed by atoms with Gasteiger partial charge in [0.2, 0.25) is 47.3 Å². The van der Waals surface area contributed by atoms with Crippen LogP contribution in [-0.4, -0.2) is 157 Å². The van der Waals surface area contributed by atoms with Crippen molar-refractivity contribution in [2.24, 2.45) is 11.1 Å². The van der Waals surface area contributed by atoms with E-state index < -0.39 is 176 Å². The van der Waals surface area contributed by atoms with E-state index in [1.165, 1.54) is 30.9 Å². The fourth-order valence-corrected chi connectivity index (χ4v) is 9.00. The summed E-state index contributed by atoms with van der Waals surface area (Å²) in [5.41, 5.74) is 5.83. The van der Waals surface area contributed by atoms with Crippen molar-refractivity contribution < 1.29 is 81.6 Å². The van der Waals surface area contributed by atoms with Crippen LogP contribution in [0.4, 0.5) is 8.78 Å². The van der Waals surface area contributed by atoms with Gasteiger partial charge in [-0.25, -0.2) is 13.6 Å². The molecule has 450 valence electrons. The summed E-state index contributed by atoms with van der Waals surface area (Å²) in [6, 6.07) is 4.76. The van der Waals surface area contributed by atoms with E-state index >= 15 is 4.39 Å². The van der Waals surface area contributed by atoms with Gasteiger partial charge in [0.05, 0.1) is 12.5 Å². The number of carbonyl (C=O) groups excluding carboxylic acids is 10. The molecule has 2 aromatic carbocycles. The van der Waals surface area contributed by atoms with Gasteiger partial charge >= 0.3 is 11.9 Å². The molecule has 27 heteroatoms. The van der Waals surface area contributed by atoms with Crippen molar-refractivity contribution in [1.29, 1.82) is 0 Å². The standard InChI is InChI=1S/C56H72F2N10O15/c1-32(61-44(71)14-10-7-11-24-67-46(73)18-19-47(67)74)51(78)62-33(2)52(79)65-41(28-43(59)70)54(81)64-39(53(80)60-23-21-45(72)63-40(55(82)83)17-20-49(76)77)22-25-68(48(75)31-69)50(56(3,4)5)42-26-35(37-27-36(57)15-16-38(37)58)30-66(42)29-34-12-8-6-9-13-34/h6,8-9,12-13,15-16,18-19,26-27,30,32-33,39-41,50,69H,7,10-11,14,17,20-25,28-29,31H2,1-5H3,(H2,59,70)(H,60,80)(H,61,71)(H,62,78)(H,63,72)(H,64,81)(H,65,79)(H,76,77)(H,82,83)/t32-,33-,39-,40-,41-,50-/m0/s1. The van der Waals surface area contributed by atoms with Crippen LogP contribution in [0.2, 0.25) is 0 Å². The number of aliphatic carboxylic acids is 2. The van der Waals surface area contributed by atoms with Crippen molar-refractivity contribution in [2.75, 3.05) is 26.2 Å². The smallest absolute Gasteiger partial charge is 0.326 e. The second kappa shape index (κ2) is 31.4. The zero-order chi connectivity index (χ0) is 61.7. The number of primary amides is 1. The van der Waals surface area contributed by atoms with E-state index in [0.29, 0.717) is 25.0 Å². The SMILES string of the molecule is C[C@H](NC(=O)CCCCCN1C(=O)C=CC1=O)C(=O)N[C@@H](C)C(=O)N[C@@H](CC(N)=O)C(=O)N[C@@H](CCN(C(=O)CO)[C@@H](c1cc(-c2cc(F)ccc2F)cn1Cc1ccccc1)C(C)(C)C)C(=O)NCCC(=O)N[C@@H](CCC(=O)O)C(=O)O. The number of nitrogens with one attached hydrogen (secondary N) is 6. The number of carbonyl (C=O) groups is 12. The van der Waals surface area contributed by atoms with Crippen molar-refractivity contribution in [3.63, 3.8) is 0 Å². The topological polar surface area (TPSA) is 375 Å². The fraction of sp³-hybridized carbons (Fsp3) is 0.464. The van der Waals surface area contributed by atoms with E-state index in [1.807, 2.05) is 12.1 Å². The van der Waals surface area contributed by atoms with Crippen molar-refractivity contribution in [1.82, 2.24) is 46.3 Å². The minimum Gasteiger partial charge on any atom is -0.481 e. The number of carboxylic acids is 2. The van der Waals surface area contributed by atoms with Crippen LogP contribution in [0, 0.1) is 17.0 Å². The molecule has 2 heterocycles. The van der Waals surface area contributed by atoms with Crippen LogP contribution in [0.15, 0.2) is 72.9 Å². The molecular weight excluding hydrogens is 1090 g/mol. The first-order valence-electron chi connectivity index (χ1n) is 26.7. The molecule has 0 bridgehead atoms. The lowest BCUT2D eigenvalue weighted by atomic mass is 9.82. The lowest BCUT2D eigenvalue weighted by Gasteiger charge is -2.41. The van der Waals surface area contributed by atoms with Crippen molar-refractivity contribution in [2.45, 2.75) is 135 Å². The summed E-state index contributed by atoms with van der Waals surface area (Å²) in [6.45, 7) is 6.18. The molecule has 0 unspecified atom stereocenters. The number of rotatable bonds is 33. The van der Waals surface area contributed by atoms with Crippen LogP contribution < -0.4 is 37.6 Å². The van der Waals surface area contributed by atoms with Crippen LogP contribution in [0.1, 0.15) is 110 Å². The second-order valence-corrected chi connectivity index (χ2v) is 20.9. The molecule has 0 aliphatic carbocycles. The normalized spacial score (nSPS) is 14.3. The molecule has 83 heavy (non-hydrogen) atoms. The van der Waals surface area contributed by atoms with E-state index in [-0.39, 0.29) is 30.6 Å². The highest BCUT2D eigenvalue weighted by atomic mass is 19.1. The Morgan fingerprint density at radius 2 is 1.33 bits per heavy atom. The van der Waals surface area contributed by atoms with Gasteiger partial charge in [0.15, 0.2) is 0 Å². The molecule has 6 atom stereocenters. The Balaban J connectivity index is 1.59. The Morgan fingerprint density at radius 1 is 0.699 bits per heavy atom. The lowest BCUT2D eigenvalue weighted by Crippen LogP contribution is -2.58. The van der Waals surface area contributed by atoms with Crippen LogP contribution >= 0.6 is 0 Å². The number of hydrogen-bond acceptors (Lipinski definition) is 13. The molecule has 0 saturated heterocycles. The summed E-state index contributed by atoms with van der Waals surface area (Å²) in [5, 5.41) is 43.3. The number of unbranched alkanes of at least 4 members (excludes halogenated alkanes) is 2. The summed E-state index contributed by atoms with van der Waals surface area (Å²) in [4.78, 5) is 156. The Bertz CT molecular complexity index is 2890. The molecule has 3 aromatic rings. The maximum atomic E-state index is 15.4. The van der Waals surface area contributed by atoms with Gasteiger partial charge in [-0.1, -0.05) is 57.5 Å². The zero-order valence-corrected chi connectivity index (χ0v) is 46.7. The summed E-state index contributed by atoms with van der Waals surface area (Å²) >= 11 is 0. The predicted octanol–water partition coefficient (Wildman–Crippen LogP) is 1.06. The molecule has 11 N–H and O–H groups in total. The molecule has 1 aliphatic rings. The van der Waals surface area contributed by atoms with E-state index in [1.54, 1.807) is 55.8 Å². The molecular formula is C56H72F2N10O15. The number of hydrogen-bond donors (Lipinski definition) is 10. The van der Waals surface area contributed by atoms with Gasteiger partial charge in [-0.05, 0) is 74.8 Å². The zero-order valence-electron chi connectivity index (χ0n) is 46.7. The number of aliphatic hydroxyl groups excluding tert-OH is 1. The van der Waals surface area contributed by atoms with E-state index in [0.717, 1.165) is 28.7 Å². The number of nitrogens with zero attached hydrogens (tertiary/aromatic N) is 3. The number of halogens is 2. The first kappa shape index (κ1) is 66.6. The maximum absolute atomic E-state index is 15.4. The van der Waals surface area contributed by atoms with E-state index in [2.05, 4.69) is 31.9 Å². The highest BCUT2D eigenvalue weighted by Crippen LogP contribution is 2.41. The molecule has 0 spiro atoms. The van der Waals surface area contributed by atoms with Gasteiger partial charge in [-0.3, -0.25) is 57.6 Å². The first-order valence-corrected chi connectivity index (χ1v) is 26.7. The van der Waals surface area contributed by atoms with Crippen molar-refractivity contribution >= 4 is 71.0 Å². The molecule has 25 nitrogen and oxygen atoms in total. The molecule has 4 rings (SSSR count). The predicted molar refractivity (Wildman–Crippen MR) is 292 cm³/mol. The number of aromatic nitrogens is 1. The fourth-order valence-electron chi connectivity index (χ4n) is 9.00. The Hall–Kier alpha value is -8.88. The molecule has 0 radical (unpaired) electrons. The first-order chi connectivity index (χ1) is 39.1. The minimum atomic E-state index is -1.82. The second-order valence-electron chi connectivity index (χ2n) is 20.9. The average molecular weight is 1160 g/mol. The summed E-state index contributed by atoms with van der Waals surface area (Å²) in [5.74, 6) is -12.6. The number of aliphatic hydroxyl groups is 1.